The van der Waals surface area contributed by atoms with E-state index in [2.05, 4.69) is 29.7 Å². The molecule has 0 fully saturated rings. The molecule has 0 spiro atoms. The van der Waals surface area contributed by atoms with Crippen LogP contribution in [0.15, 0.2) is 12.4 Å². The van der Waals surface area contributed by atoms with Gasteiger partial charge in [-0.3, -0.25) is 0 Å². The van der Waals surface area contributed by atoms with Gasteiger partial charge in [0.05, 0.1) is 0 Å². The number of rotatable bonds is 3. The molecule has 0 aliphatic heterocycles. The lowest BCUT2D eigenvalue weighted by atomic mass is 10.2. The van der Waals surface area contributed by atoms with Gasteiger partial charge in [0.15, 0.2) is 4.77 Å². The first-order valence-electron chi connectivity index (χ1n) is 3.84. The average molecular weight is 202 g/mol. The molecule has 68 valence electrons. The molecule has 4 heteroatoms. The summed E-state index contributed by atoms with van der Waals surface area (Å²) in [5.74, 6) is 0. The highest BCUT2D eigenvalue weighted by Gasteiger charge is 2.16. The van der Waals surface area contributed by atoms with E-state index in [1.165, 1.54) is 0 Å². The summed E-state index contributed by atoms with van der Waals surface area (Å²) in [7, 11) is 0. The third-order valence-corrected chi connectivity index (χ3v) is 3.41. The lowest BCUT2D eigenvalue weighted by molar-refractivity contribution is 0.563. The first-order chi connectivity index (χ1) is 5.55. The number of hydrogen-bond acceptors (Lipinski definition) is 2. The Hall–Kier alpha value is -0.220. The summed E-state index contributed by atoms with van der Waals surface area (Å²) < 4.78 is 3.11. The molecular formula is C8H14N2S2. The topological polar surface area (TPSA) is 20.7 Å². The van der Waals surface area contributed by atoms with Crippen LogP contribution >= 0.6 is 24.0 Å². The van der Waals surface area contributed by atoms with E-state index in [1.54, 1.807) is 0 Å². The predicted octanol–water partition coefficient (Wildman–Crippen LogP) is 2.69. The summed E-state index contributed by atoms with van der Waals surface area (Å²) in [5.41, 5.74) is 0. The van der Waals surface area contributed by atoms with Gasteiger partial charge in [-0.2, -0.15) is 11.8 Å². The van der Waals surface area contributed by atoms with Crippen LogP contribution in [0.25, 0.3) is 0 Å². The Labute approximate surface area is 82.4 Å². The van der Waals surface area contributed by atoms with Crippen molar-refractivity contribution in [2.75, 3.05) is 6.26 Å². The number of imidazole rings is 1. The van der Waals surface area contributed by atoms with Crippen LogP contribution in [0.1, 0.15) is 13.8 Å². The predicted molar refractivity (Wildman–Crippen MR) is 57.2 cm³/mol. The molecule has 1 heterocycles. The molecule has 0 aliphatic carbocycles. The number of aromatic amines is 1. The molecule has 1 aromatic heterocycles. The molecule has 12 heavy (non-hydrogen) atoms. The van der Waals surface area contributed by atoms with E-state index in [0.717, 1.165) is 11.3 Å². The Morgan fingerprint density at radius 2 is 2.33 bits per heavy atom. The van der Waals surface area contributed by atoms with E-state index in [-0.39, 0.29) is 4.75 Å². The van der Waals surface area contributed by atoms with Crippen molar-refractivity contribution in [3.05, 3.63) is 17.2 Å². The van der Waals surface area contributed by atoms with Crippen molar-refractivity contribution in [2.45, 2.75) is 25.1 Å². The highest BCUT2D eigenvalue weighted by molar-refractivity contribution is 7.99. The Morgan fingerprint density at radius 1 is 1.67 bits per heavy atom. The van der Waals surface area contributed by atoms with Gasteiger partial charge >= 0.3 is 0 Å². The van der Waals surface area contributed by atoms with Crippen LogP contribution in [0, 0.1) is 4.77 Å². The largest absolute Gasteiger partial charge is 0.337 e. The quantitative estimate of drug-likeness (QED) is 0.761. The summed E-state index contributed by atoms with van der Waals surface area (Å²) in [6.45, 7) is 5.38. The smallest absolute Gasteiger partial charge is 0.177 e. The van der Waals surface area contributed by atoms with Gasteiger partial charge in [0.2, 0.25) is 0 Å². The summed E-state index contributed by atoms with van der Waals surface area (Å²) in [6, 6.07) is 0. The van der Waals surface area contributed by atoms with E-state index in [9.17, 15) is 0 Å². The van der Waals surface area contributed by atoms with Gasteiger partial charge in [0.1, 0.15) is 0 Å². The van der Waals surface area contributed by atoms with Crippen molar-refractivity contribution >= 4 is 24.0 Å². The normalized spacial score (nSPS) is 11.9. The van der Waals surface area contributed by atoms with Crippen molar-refractivity contribution in [3.8, 4) is 0 Å². The number of nitrogens with zero attached hydrogens (tertiary/aromatic N) is 1. The van der Waals surface area contributed by atoms with Gasteiger partial charge < -0.3 is 9.55 Å². The minimum absolute atomic E-state index is 0.250. The van der Waals surface area contributed by atoms with E-state index in [0.29, 0.717) is 0 Å². The fraction of sp³-hybridized carbons (Fsp3) is 0.625. The molecule has 2 nitrogen and oxygen atoms in total. The van der Waals surface area contributed by atoms with Gasteiger partial charge in [-0.15, -0.1) is 0 Å². The van der Waals surface area contributed by atoms with Gasteiger partial charge in [-0.1, -0.05) is 0 Å². The van der Waals surface area contributed by atoms with E-state index in [4.69, 9.17) is 12.2 Å². The van der Waals surface area contributed by atoms with Gasteiger partial charge in [-0.05, 0) is 32.3 Å². The average Bonchev–Trinajstić information content (AvgIpc) is 2.36. The highest BCUT2D eigenvalue weighted by atomic mass is 32.2. The van der Waals surface area contributed by atoms with Gasteiger partial charge in [-0.25, -0.2) is 0 Å². The lowest BCUT2D eigenvalue weighted by Crippen LogP contribution is -2.21. The number of thioether (sulfide) groups is 1. The molecule has 0 aromatic carbocycles. The monoisotopic (exact) mass is 202 g/mol. The zero-order valence-corrected chi connectivity index (χ0v) is 9.26. The van der Waals surface area contributed by atoms with Crippen molar-refractivity contribution in [2.24, 2.45) is 0 Å². The number of nitrogens with one attached hydrogen (secondary N) is 1. The Kier molecular flexibility index (Phi) is 3.01. The minimum Gasteiger partial charge on any atom is -0.337 e. The first-order valence-corrected chi connectivity index (χ1v) is 5.47. The van der Waals surface area contributed by atoms with E-state index in [1.807, 2.05) is 24.2 Å². The molecule has 0 aliphatic rings. The highest BCUT2D eigenvalue weighted by Crippen LogP contribution is 2.23. The molecule has 0 saturated carbocycles. The van der Waals surface area contributed by atoms with Crippen LogP contribution < -0.4 is 0 Å². The molecule has 0 amide bonds. The minimum atomic E-state index is 0.250. The maximum absolute atomic E-state index is 5.10. The Balaban J connectivity index is 2.77. The molecule has 0 saturated heterocycles. The first kappa shape index (κ1) is 9.86. The van der Waals surface area contributed by atoms with Gasteiger partial charge in [0, 0.05) is 23.7 Å². The molecule has 0 unspecified atom stereocenters. The van der Waals surface area contributed by atoms with Crippen molar-refractivity contribution in [1.82, 2.24) is 9.55 Å². The third kappa shape index (κ3) is 2.38. The van der Waals surface area contributed by atoms with Crippen molar-refractivity contribution in [1.29, 1.82) is 0 Å². The van der Waals surface area contributed by atoms with Crippen LogP contribution in [-0.2, 0) is 6.54 Å². The molecule has 0 bridgehead atoms. The molecule has 0 radical (unpaired) electrons. The van der Waals surface area contributed by atoms with Crippen molar-refractivity contribution in [3.63, 3.8) is 0 Å². The summed E-state index contributed by atoms with van der Waals surface area (Å²) in [5, 5.41) is 0. The second-order valence-corrected chi connectivity index (χ2v) is 5.26. The second kappa shape index (κ2) is 3.66. The SMILES string of the molecule is CSC(C)(C)Cn1cc[nH]c1=S. The van der Waals surface area contributed by atoms with Crippen molar-refractivity contribution < 1.29 is 0 Å². The number of aromatic nitrogens is 2. The fourth-order valence-electron chi connectivity index (χ4n) is 0.948. The van der Waals surface area contributed by atoms with Crippen LogP contribution in [-0.4, -0.2) is 20.6 Å². The third-order valence-electron chi connectivity index (χ3n) is 1.83. The summed E-state index contributed by atoms with van der Waals surface area (Å²) in [6.07, 6.45) is 5.98. The van der Waals surface area contributed by atoms with Gasteiger partial charge in [0.25, 0.3) is 0 Å². The van der Waals surface area contributed by atoms with Crippen LogP contribution in [0.2, 0.25) is 0 Å². The molecule has 1 aromatic rings. The van der Waals surface area contributed by atoms with Crippen LogP contribution in [0.5, 0.6) is 0 Å². The fourth-order valence-corrected chi connectivity index (χ4v) is 1.41. The zero-order chi connectivity index (χ0) is 9.19. The molecule has 0 atom stereocenters. The molecule has 1 N–H and O–H groups in total. The number of hydrogen-bond donors (Lipinski definition) is 1. The summed E-state index contributed by atoms with van der Waals surface area (Å²) in [4.78, 5) is 2.98. The van der Waals surface area contributed by atoms with E-state index >= 15 is 0 Å². The van der Waals surface area contributed by atoms with E-state index < -0.39 is 0 Å². The standard InChI is InChI=1S/C8H14N2S2/c1-8(2,12-3)6-10-5-4-9-7(10)11/h4-5H,6H2,1-3H3,(H,9,11). The Bertz CT molecular complexity index is 298. The zero-order valence-electron chi connectivity index (χ0n) is 7.63. The summed E-state index contributed by atoms with van der Waals surface area (Å²) >= 11 is 6.95. The molecular weight excluding hydrogens is 188 g/mol. The van der Waals surface area contributed by atoms with Crippen LogP contribution in [0.4, 0.5) is 0 Å². The lowest BCUT2D eigenvalue weighted by Gasteiger charge is -2.22. The van der Waals surface area contributed by atoms with Crippen LogP contribution in [0.3, 0.4) is 0 Å². The Morgan fingerprint density at radius 3 is 2.75 bits per heavy atom. The molecule has 1 rings (SSSR count). The number of H-pyrrole nitrogens is 1. The second-order valence-electron chi connectivity index (χ2n) is 3.36. The maximum Gasteiger partial charge on any atom is 0.177 e. The maximum atomic E-state index is 5.10.